The van der Waals surface area contributed by atoms with E-state index in [1.54, 1.807) is 0 Å². The van der Waals surface area contributed by atoms with Crippen molar-refractivity contribution in [3.05, 3.63) is 69.1 Å². The molecule has 5 rings (SSSR count). The topological polar surface area (TPSA) is 78.2 Å². The molecule has 1 aliphatic heterocycles. The summed E-state index contributed by atoms with van der Waals surface area (Å²) >= 11 is 0. The number of carbonyl (C=O) groups excluding carboxylic acids is 1. The van der Waals surface area contributed by atoms with Gasteiger partial charge >= 0.3 is 18.0 Å². The quantitative estimate of drug-likeness (QED) is 0.392. The van der Waals surface area contributed by atoms with Crippen LogP contribution >= 0.6 is 0 Å². The van der Waals surface area contributed by atoms with Crippen molar-refractivity contribution in [1.29, 1.82) is 0 Å². The van der Waals surface area contributed by atoms with Gasteiger partial charge in [-0.3, -0.25) is 9.36 Å². The molecule has 1 saturated carbocycles. The zero-order valence-corrected chi connectivity index (χ0v) is 21.2. The van der Waals surface area contributed by atoms with Gasteiger partial charge in [0.2, 0.25) is 0 Å². The minimum absolute atomic E-state index is 0.00923. The van der Waals surface area contributed by atoms with Gasteiger partial charge in [0.15, 0.2) is 6.10 Å². The molecule has 14 heteroatoms. The highest BCUT2D eigenvalue weighted by Crippen LogP contribution is 2.53. The molecule has 0 radical (unpaired) electrons. The number of amides is 1. The molecule has 1 aliphatic carbocycles. The van der Waals surface area contributed by atoms with Crippen molar-refractivity contribution in [2.24, 2.45) is 5.41 Å². The number of alkyl halides is 6. The van der Waals surface area contributed by atoms with E-state index in [4.69, 9.17) is 4.74 Å². The molecule has 2 heterocycles. The highest BCUT2D eigenvalue weighted by atomic mass is 19.4. The van der Waals surface area contributed by atoms with E-state index in [1.165, 1.54) is 17.6 Å². The second kappa shape index (κ2) is 9.37. The molecule has 1 fully saturated rings. The number of rotatable bonds is 5. The maximum Gasteiger partial charge on any atom is 0.425 e. The Labute approximate surface area is 222 Å². The first-order chi connectivity index (χ1) is 18.6. The van der Waals surface area contributed by atoms with E-state index in [1.807, 2.05) is 5.32 Å². The third kappa shape index (κ3) is 5.06. The fourth-order valence-electron chi connectivity index (χ4n) is 4.81. The number of hydrogen-bond acceptors (Lipinski definition) is 4. The van der Waals surface area contributed by atoms with Gasteiger partial charge < -0.3 is 10.1 Å². The lowest BCUT2D eigenvalue weighted by molar-refractivity contribution is -0.189. The van der Waals surface area contributed by atoms with Crippen molar-refractivity contribution in [3.63, 3.8) is 0 Å². The summed E-state index contributed by atoms with van der Waals surface area (Å²) in [6.45, 7) is 2.28. The molecule has 0 bridgehead atoms. The third-order valence-corrected chi connectivity index (χ3v) is 7.40. The van der Waals surface area contributed by atoms with Crippen LogP contribution in [0, 0.1) is 18.2 Å². The van der Waals surface area contributed by atoms with Crippen LogP contribution in [0.2, 0.25) is 0 Å². The van der Waals surface area contributed by atoms with E-state index in [0.29, 0.717) is 42.5 Å². The maximum atomic E-state index is 15.4. The molecule has 40 heavy (non-hydrogen) atoms. The zero-order valence-electron chi connectivity index (χ0n) is 21.2. The standard InChI is InChI=1S/C26H23F7N4O3/c1-13-4-3-5-16(26(31,32)33)21(13)34-22(38)15-10-17(27)18(11-19(15)40-14(2)25(28,29)30)37-23(39)36-9-8-24(6-7-24)12-20(36)35-37/h3-5,10-11,14H,6-9,12H2,1-2H3,(H,34,38)/t14-/m0/s1. The molecule has 1 spiro atoms. The highest BCUT2D eigenvalue weighted by Gasteiger charge is 2.46. The van der Waals surface area contributed by atoms with Gasteiger partial charge in [-0.15, -0.1) is 5.10 Å². The highest BCUT2D eigenvalue weighted by molar-refractivity contribution is 6.07. The minimum Gasteiger partial charge on any atom is -0.480 e. The summed E-state index contributed by atoms with van der Waals surface area (Å²) in [6.07, 6.45) is -9.08. The fraction of sp³-hybridized carbons (Fsp3) is 0.423. The smallest absolute Gasteiger partial charge is 0.425 e. The number of halogens is 7. The van der Waals surface area contributed by atoms with Gasteiger partial charge in [-0.1, -0.05) is 12.1 Å². The molecule has 2 aliphatic rings. The Morgan fingerprint density at radius 3 is 2.45 bits per heavy atom. The monoisotopic (exact) mass is 572 g/mol. The SMILES string of the molecule is Cc1cccc(C(F)(F)F)c1NC(=O)c1cc(F)c(-n2nc3n(c2=O)CCC2(CC2)C3)cc1O[C@@H](C)C(F)(F)F. The van der Waals surface area contributed by atoms with Crippen LogP contribution in [0.1, 0.15) is 53.5 Å². The van der Waals surface area contributed by atoms with Gasteiger partial charge in [0.1, 0.15) is 23.1 Å². The number of anilines is 1. The van der Waals surface area contributed by atoms with Crippen molar-refractivity contribution >= 4 is 11.6 Å². The minimum atomic E-state index is -4.90. The number of aryl methyl sites for hydroxylation is 1. The maximum absolute atomic E-state index is 15.4. The van der Waals surface area contributed by atoms with Gasteiger partial charge in [0, 0.05) is 19.0 Å². The van der Waals surface area contributed by atoms with E-state index < -0.39 is 64.1 Å². The normalized spacial score (nSPS) is 16.9. The molecule has 1 N–H and O–H groups in total. The summed E-state index contributed by atoms with van der Waals surface area (Å²) in [6, 6.07) is 4.36. The van der Waals surface area contributed by atoms with Crippen LogP contribution in [0.5, 0.6) is 5.75 Å². The van der Waals surface area contributed by atoms with Gasteiger partial charge in [-0.05, 0) is 56.2 Å². The first-order valence-electron chi connectivity index (χ1n) is 12.3. The molecule has 1 aromatic heterocycles. The summed E-state index contributed by atoms with van der Waals surface area (Å²) in [5.41, 5.74) is -3.87. The number of ether oxygens (including phenoxy) is 1. The van der Waals surface area contributed by atoms with E-state index in [-0.39, 0.29) is 11.0 Å². The Hall–Kier alpha value is -3.84. The van der Waals surface area contributed by atoms with Gasteiger partial charge in [0.05, 0.1) is 16.8 Å². The number of nitrogens with zero attached hydrogens (tertiary/aromatic N) is 3. The van der Waals surface area contributed by atoms with E-state index >= 15 is 4.39 Å². The molecule has 0 saturated heterocycles. The number of nitrogens with one attached hydrogen (secondary N) is 1. The molecule has 214 valence electrons. The molecule has 2 aromatic carbocycles. The number of benzene rings is 2. The van der Waals surface area contributed by atoms with Crippen LogP contribution in [0.4, 0.5) is 36.4 Å². The summed E-state index contributed by atoms with van der Waals surface area (Å²) in [5.74, 6) is -2.95. The van der Waals surface area contributed by atoms with Gasteiger partial charge in [-0.2, -0.15) is 31.0 Å². The van der Waals surface area contributed by atoms with E-state index in [9.17, 15) is 35.9 Å². The second-order valence-electron chi connectivity index (χ2n) is 10.2. The molecule has 3 aromatic rings. The predicted molar refractivity (Wildman–Crippen MR) is 128 cm³/mol. The van der Waals surface area contributed by atoms with Crippen molar-refractivity contribution < 1.29 is 40.3 Å². The number of hydrogen-bond donors (Lipinski definition) is 1. The van der Waals surface area contributed by atoms with Crippen LogP contribution in [0.3, 0.4) is 0 Å². The lowest BCUT2D eigenvalue weighted by Crippen LogP contribution is -2.32. The van der Waals surface area contributed by atoms with Crippen molar-refractivity contribution in [2.75, 3.05) is 5.32 Å². The molecule has 1 amide bonds. The van der Waals surface area contributed by atoms with Crippen LogP contribution in [0.15, 0.2) is 35.1 Å². The summed E-state index contributed by atoms with van der Waals surface area (Å²) in [7, 11) is 0. The Bertz CT molecular complexity index is 1550. The Balaban J connectivity index is 1.58. The van der Waals surface area contributed by atoms with Crippen molar-refractivity contribution in [3.8, 4) is 11.4 Å². The largest absolute Gasteiger partial charge is 0.480 e. The average molecular weight is 572 g/mol. The van der Waals surface area contributed by atoms with Gasteiger partial charge in [0.25, 0.3) is 5.91 Å². The van der Waals surface area contributed by atoms with Gasteiger partial charge in [-0.25, -0.2) is 9.18 Å². The Morgan fingerprint density at radius 2 is 1.82 bits per heavy atom. The molecular weight excluding hydrogens is 549 g/mol. The second-order valence-corrected chi connectivity index (χ2v) is 10.2. The summed E-state index contributed by atoms with van der Waals surface area (Å²) in [4.78, 5) is 26.1. The lowest BCUT2D eigenvalue weighted by Gasteiger charge is -2.21. The fourth-order valence-corrected chi connectivity index (χ4v) is 4.81. The van der Waals surface area contributed by atoms with Crippen LogP contribution in [0.25, 0.3) is 5.69 Å². The predicted octanol–water partition coefficient (Wildman–Crippen LogP) is 5.81. The first kappa shape index (κ1) is 27.7. The molecule has 0 unspecified atom stereocenters. The van der Waals surface area contributed by atoms with Crippen LogP contribution in [-0.2, 0) is 19.1 Å². The number of para-hydroxylation sites is 1. The number of carbonyl (C=O) groups is 1. The summed E-state index contributed by atoms with van der Waals surface area (Å²) < 4.78 is 103. The molecular formula is C26H23F7N4O3. The number of fused-ring (bicyclic) bond motifs is 1. The lowest BCUT2D eigenvalue weighted by atomic mass is 9.95. The molecule has 7 nitrogen and oxygen atoms in total. The third-order valence-electron chi connectivity index (χ3n) is 7.40. The Kier molecular flexibility index (Phi) is 6.49. The van der Waals surface area contributed by atoms with E-state index in [0.717, 1.165) is 31.4 Å². The van der Waals surface area contributed by atoms with Crippen molar-refractivity contribution in [1.82, 2.24) is 14.3 Å². The van der Waals surface area contributed by atoms with Crippen LogP contribution in [-0.4, -0.2) is 32.5 Å². The zero-order chi connectivity index (χ0) is 29.2. The van der Waals surface area contributed by atoms with Crippen LogP contribution < -0.4 is 15.7 Å². The van der Waals surface area contributed by atoms with Crippen molar-refractivity contribution in [2.45, 2.75) is 64.5 Å². The number of aromatic nitrogens is 3. The Morgan fingerprint density at radius 1 is 1.12 bits per heavy atom. The average Bonchev–Trinajstić information content (AvgIpc) is 3.52. The first-order valence-corrected chi connectivity index (χ1v) is 12.3. The summed E-state index contributed by atoms with van der Waals surface area (Å²) in [5, 5.41) is 6.23. The van der Waals surface area contributed by atoms with E-state index in [2.05, 4.69) is 5.10 Å². The molecule has 1 atom stereocenters.